The molecule has 34 heavy (non-hydrogen) atoms. The zero-order valence-electron chi connectivity index (χ0n) is 19.8. The van der Waals surface area contributed by atoms with Crippen molar-refractivity contribution in [3.05, 3.63) is 73.1 Å². The number of aromatic nitrogens is 2. The highest BCUT2D eigenvalue weighted by Crippen LogP contribution is 2.18. The number of nitrogens with two attached hydrogens (primary N) is 2. The third-order valence-corrected chi connectivity index (χ3v) is 6.47. The molecule has 182 valence electrons. The summed E-state index contributed by atoms with van der Waals surface area (Å²) < 4.78 is 4.68. The molecular weight excluding hydrogens is 646 g/mol. The van der Waals surface area contributed by atoms with E-state index in [1.54, 1.807) is 0 Å². The van der Waals surface area contributed by atoms with Gasteiger partial charge >= 0.3 is 0 Å². The summed E-state index contributed by atoms with van der Waals surface area (Å²) in [5.74, 6) is 0. The lowest BCUT2D eigenvalue weighted by Gasteiger charge is -2.05. The first-order valence-corrected chi connectivity index (χ1v) is 12.1. The topological polar surface area (TPSA) is 59.8 Å². The Hall–Kier alpha value is -1.68. The minimum atomic E-state index is 0. The molecule has 2 aromatic heterocycles. The molecule has 2 heterocycles. The second-order valence-corrected chi connectivity index (χ2v) is 8.79. The number of halogens is 2. The molecule has 0 bridgehead atoms. The summed E-state index contributed by atoms with van der Waals surface area (Å²) in [6, 6.07) is 20.9. The van der Waals surface area contributed by atoms with Crippen molar-refractivity contribution in [1.29, 1.82) is 0 Å². The Bertz CT molecular complexity index is 1090. The van der Waals surface area contributed by atoms with Gasteiger partial charge in [-0.25, -0.2) is 0 Å². The van der Waals surface area contributed by atoms with Crippen LogP contribution in [0.15, 0.2) is 73.1 Å². The molecule has 4 nitrogen and oxygen atoms in total. The molecule has 0 unspecified atom stereocenters. The van der Waals surface area contributed by atoms with E-state index in [2.05, 4.69) is 70.1 Å². The molecule has 0 aliphatic rings. The lowest BCUT2D eigenvalue weighted by molar-refractivity contribution is -0.672. The smallest absolute Gasteiger partial charge is 0.214 e. The van der Waals surface area contributed by atoms with Crippen molar-refractivity contribution in [2.75, 3.05) is 11.5 Å². The Balaban J connectivity index is 0.00000204. The van der Waals surface area contributed by atoms with Crippen molar-refractivity contribution < 1.29 is 57.1 Å². The summed E-state index contributed by atoms with van der Waals surface area (Å²) in [5.41, 5.74) is 16.4. The highest BCUT2D eigenvalue weighted by atomic mass is 127. The van der Waals surface area contributed by atoms with E-state index in [1.165, 1.54) is 62.4 Å². The molecule has 0 aliphatic heterocycles. The second-order valence-electron chi connectivity index (χ2n) is 8.79. The van der Waals surface area contributed by atoms with Gasteiger partial charge in [-0.05, 0) is 25.0 Å². The molecule has 0 saturated carbocycles. The van der Waals surface area contributed by atoms with Gasteiger partial charge < -0.3 is 59.4 Å². The van der Waals surface area contributed by atoms with E-state index in [9.17, 15) is 0 Å². The molecule has 4 rings (SSSR count). The molecule has 6 heteroatoms. The van der Waals surface area contributed by atoms with Gasteiger partial charge in [-0.2, -0.15) is 9.13 Å². The Labute approximate surface area is 237 Å². The number of aryl methyl sites for hydroxylation is 2. The lowest BCUT2D eigenvalue weighted by Crippen LogP contribution is -3.00. The number of unbranched alkanes of at least 4 members (excludes halogenated alkanes) is 7. The lowest BCUT2D eigenvalue weighted by atomic mass is 10.1. The minimum Gasteiger partial charge on any atom is -1.00 e. The van der Waals surface area contributed by atoms with Crippen molar-refractivity contribution >= 4 is 33.2 Å². The molecule has 0 fully saturated rings. The number of anilines is 2. The van der Waals surface area contributed by atoms with Gasteiger partial charge in [0.05, 0.1) is 22.1 Å². The van der Waals surface area contributed by atoms with Crippen molar-refractivity contribution in [3.63, 3.8) is 0 Å². The van der Waals surface area contributed by atoms with E-state index in [4.69, 9.17) is 11.5 Å². The predicted molar refractivity (Wildman–Crippen MR) is 134 cm³/mol. The molecule has 0 amide bonds. The minimum absolute atomic E-state index is 0. The van der Waals surface area contributed by atoms with E-state index in [0.717, 1.165) is 35.2 Å². The zero-order chi connectivity index (χ0) is 22.2. The number of para-hydroxylation sites is 2. The van der Waals surface area contributed by atoms with Crippen LogP contribution in [0.3, 0.4) is 0 Å². The van der Waals surface area contributed by atoms with Crippen molar-refractivity contribution in [2.24, 2.45) is 0 Å². The molecule has 2 aromatic carbocycles. The van der Waals surface area contributed by atoms with Gasteiger partial charge in [0.25, 0.3) is 0 Å². The van der Waals surface area contributed by atoms with Crippen molar-refractivity contribution in [1.82, 2.24) is 0 Å². The van der Waals surface area contributed by atoms with Crippen molar-refractivity contribution in [2.45, 2.75) is 64.5 Å². The SMILES string of the molecule is Nc1cc[n+](CCCCCCCCCC[n+]2ccc(N)c3ccccc32)c2ccccc12.[I-].[I-]. The van der Waals surface area contributed by atoms with Crippen LogP contribution in [0.4, 0.5) is 11.4 Å². The Morgan fingerprint density at radius 2 is 0.824 bits per heavy atom. The summed E-state index contributed by atoms with van der Waals surface area (Å²) in [6.45, 7) is 2.13. The number of benzene rings is 2. The van der Waals surface area contributed by atoms with Crippen LogP contribution >= 0.6 is 0 Å². The highest BCUT2D eigenvalue weighted by Gasteiger charge is 2.11. The van der Waals surface area contributed by atoms with Crippen LogP contribution in [-0.2, 0) is 13.1 Å². The van der Waals surface area contributed by atoms with Crippen LogP contribution in [0.5, 0.6) is 0 Å². The fraction of sp³-hybridized carbons (Fsp3) is 0.357. The Kier molecular flexibility index (Phi) is 12.3. The number of hydrogen-bond acceptors (Lipinski definition) is 2. The molecular formula is C28H36I2N4. The van der Waals surface area contributed by atoms with Crippen LogP contribution in [0.25, 0.3) is 21.8 Å². The fourth-order valence-electron chi connectivity index (χ4n) is 4.63. The monoisotopic (exact) mass is 682 g/mol. The number of fused-ring (bicyclic) bond motifs is 2. The third kappa shape index (κ3) is 7.41. The largest absolute Gasteiger partial charge is 1.00 e. The van der Waals surface area contributed by atoms with Gasteiger partial charge in [-0.3, -0.25) is 0 Å². The number of nitrogen functional groups attached to an aromatic ring is 2. The maximum atomic E-state index is 6.11. The average Bonchev–Trinajstić information content (AvgIpc) is 2.83. The van der Waals surface area contributed by atoms with Gasteiger partial charge in [0.2, 0.25) is 11.0 Å². The molecule has 0 aliphatic carbocycles. The van der Waals surface area contributed by atoms with Gasteiger partial charge in [0.15, 0.2) is 12.4 Å². The van der Waals surface area contributed by atoms with Gasteiger partial charge in [0, 0.05) is 37.1 Å². The molecule has 0 radical (unpaired) electrons. The van der Waals surface area contributed by atoms with E-state index in [-0.39, 0.29) is 48.0 Å². The van der Waals surface area contributed by atoms with Crippen LogP contribution in [-0.4, -0.2) is 0 Å². The van der Waals surface area contributed by atoms with Gasteiger partial charge in [-0.1, -0.05) is 49.9 Å². The van der Waals surface area contributed by atoms with Crippen LogP contribution in [0, 0.1) is 0 Å². The first-order valence-electron chi connectivity index (χ1n) is 12.1. The zero-order valence-corrected chi connectivity index (χ0v) is 24.1. The van der Waals surface area contributed by atoms with E-state index < -0.39 is 0 Å². The predicted octanol–water partition coefficient (Wildman–Crippen LogP) is -0.439. The number of pyridine rings is 2. The molecule has 0 atom stereocenters. The second kappa shape index (κ2) is 14.7. The molecule has 0 spiro atoms. The standard InChI is InChI=1S/C28H34N4.2HI/c29-25-17-21-31(27-15-9-7-13-23(25)27)19-11-5-3-1-2-4-6-12-20-32-22-18-26(30)24-14-8-10-16-28(24)32;;/h7-10,13-18,21-22,29-30H,1-6,11-12,19-20H2;2*1H. The molecule has 4 aromatic rings. The first kappa shape index (κ1) is 28.6. The summed E-state index contributed by atoms with van der Waals surface area (Å²) in [7, 11) is 0. The molecule has 0 saturated heterocycles. The van der Waals surface area contributed by atoms with Crippen LogP contribution in [0.1, 0.15) is 51.4 Å². The maximum absolute atomic E-state index is 6.11. The third-order valence-electron chi connectivity index (χ3n) is 6.47. The number of nitrogens with zero attached hydrogens (tertiary/aromatic N) is 2. The highest BCUT2D eigenvalue weighted by molar-refractivity contribution is 5.88. The quantitative estimate of drug-likeness (QED) is 0.128. The number of hydrogen-bond donors (Lipinski definition) is 2. The fourth-order valence-corrected chi connectivity index (χ4v) is 4.63. The maximum Gasteiger partial charge on any atom is 0.214 e. The van der Waals surface area contributed by atoms with Gasteiger partial charge in [-0.15, -0.1) is 0 Å². The summed E-state index contributed by atoms with van der Waals surface area (Å²) in [5, 5.41) is 2.31. The average molecular weight is 682 g/mol. The van der Waals surface area contributed by atoms with E-state index in [0.29, 0.717) is 0 Å². The van der Waals surface area contributed by atoms with E-state index >= 15 is 0 Å². The summed E-state index contributed by atoms with van der Waals surface area (Å²) in [6.07, 6.45) is 14.6. The van der Waals surface area contributed by atoms with Gasteiger partial charge in [0.1, 0.15) is 13.1 Å². The van der Waals surface area contributed by atoms with Crippen molar-refractivity contribution in [3.8, 4) is 0 Å². The van der Waals surface area contributed by atoms with Crippen LogP contribution in [0.2, 0.25) is 0 Å². The summed E-state index contributed by atoms with van der Waals surface area (Å²) >= 11 is 0. The Morgan fingerprint density at radius 1 is 0.471 bits per heavy atom. The number of rotatable bonds is 11. The summed E-state index contributed by atoms with van der Waals surface area (Å²) in [4.78, 5) is 0. The van der Waals surface area contributed by atoms with Crippen LogP contribution < -0.4 is 68.6 Å². The van der Waals surface area contributed by atoms with E-state index in [1.807, 2.05) is 12.1 Å². The Morgan fingerprint density at radius 3 is 1.24 bits per heavy atom. The normalized spacial score (nSPS) is 10.7. The molecule has 4 N–H and O–H groups in total. The first-order chi connectivity index (χ1) is 15.7.